The first-order valence-electron chi connectivity index (χ1n) is 7.00. The van der Waals surface area contributed by atoms with E-state index in [9.17, 15) is 4.79 Å². The van der Waals surface area contributed by atoms with E-state index in [1.807, 2.05) is 11.8 Å². The lowest BCUT2D eigenvalue weighted by molar-refractivity contribution is -0.140. The molecule has 0 N–H and O–H groups in total. The number of hydrogen-bond acceptors (Lipinski definition) is 4. The molecule has 2 unspecified atom stereocenters. The Morgan fingerprint density at radius 3 is 2.83 bits per heavy atom. The molecule has 2 rings (SSSR count). The number of carbonyl (C=O) groups is 1. The van der Waals surface area contributed by atoms with E-state index in [2.05, 4.69) is 11.7 Å². The lowest BCUT2D eigenvalue weighted by atomic mass is 9.98. The van der Waals surface area contributed by atoms with Crippen LogP contribution in [-0.4, -0.2) is 35.8 Å². The van der Waals surface area contributed by atoms with Crippen molar-refractivity contribution in [1.82, 2.24) is 0 Å². The van der Waals surface area contributed by atoms with Crippen molar-refractivity contribution < 1.29 is 14.3 Å². The molecule has 2 aliphatic rings. The van der Waals surface area contributed by atoms with Crippen molar-refractivity contribution in [3.8, 4) is 0 Å². The first kappa shape index (κ1) is 14.2. The van der Waals surface area contributed by atoms with Gasteiger partial charge in [-0.15, -0.1) is 0 Å². The predicted octanol–water partition coefficient (Wildman–Crippen LogP) is 3.16. The van der Waals surface area contributed by atoms with E-state index in [0.717, 1.165) is 5.75 Å². The van der Waals surface area contributed by atoms with Crippen LogP contribution in [0.4, 0.5) is 0 Å². The summed E-state index contributed by atoms with van der Waals surface area (Å²) in [6.07, 6.45) is 8.50. The van der Waals surface area contributed by atoms with E-state index in [-0.39, 0.29) is 11.6 Å². The minimum Gasteiger partial charge on any atom is -0.469 e. The highest BCUT2D eigenvalue weighted by Crippen LogP contribution is 2.44. The van der Waals surface area contributed by atoms with Crippen LogP contribution in [0.15, 0.2) is 0 Å². The zero-order valence-electron chi connectivity index (χ0n) is 11.4. The van der Waals surface area contributed by atoms with Crippen molar-refractivity contribution in [1.29, 1.82) is 0 Å². The van der Waals surface area contributed by atoms with Crippen molar-refractivity contribution >= 4 is 17.7 Å². The third kappa shape index (κ3) is 3.64. The molecule has 0 aromatic heterocycles. The van der Waals surface area contributed by atoms with Crippen LogP contribution >= 0.6 is 11.8 Å². The van der Waals surface area contributed by atoms with Gasteiger partial charge in [0.15, 0.2) is 0 Å². The van der Waals surface area contributed by atoms with Gasteiger partial charge in [0.25, 0.3) is 0 Å². The molecule has 1 spiro atoms. The highest BCUT2D eigenvalue weighted by Gasteiger charge is 2.41. The molecule has 0 amide bonds. The van der Waals surface area contributed by atoms with Gasteiger partial charge < -0.3 is 9.47 Å². The van der Waals surface area contributed by atoms with Gasteiger partial charge in [0.2, 0.25) is 0 Å². The second-order valence-corrected chi connectivity index (χ2v) is 7.06. The van der Waals surface area contributed by atoms with E-state index >= 15 is 0 Å². The number of hydrogen-bond donors (Lipinski definition) is 0. The number of thioether (sulfide) groups is 1. The maximum atomic E-state index is 11.2. The highest BCUT2D eigenvalue weighted by atomic mass is 32.2. The average molecular weight is 272 g/mol. The Hall–Kier alpha value is -0.220. The van der Waals surface area contributed by atoms with Crippen molar-refractivity contribution in [3.63, 3.8) is 0 Å². The number of carbonyl (C=O) groups excluding carboxylic acids is 1. The van der Waals surface area contributed by atoms with Crippen LogP contribution < -0.4 is 0 Å². The van der Waals surface area contributed by atoms with Gasteiger partial charge in [-0.3, -0.25) is 4.79 Å². The van der Waals surface area contributed by atoms with E-state index in [4.69, 9.17) is 4.74 Å². The predicted molar refractivity (Wildman–Crippen MR) is 73.9 cm³/mol. The van der Waals surface area contributed by atoms with Gasteiger partial charge in [-0.25, -0.2) is 0 Å². The molecule has 0 aromatic carbocycles. The summed E-state index contributed by atoms with van der Waals surface area (Å²) in [7, 11) is 1.45. The number of methoxy groups -OCH3 is 1. The minimum atomic E-state index is -0.116. The standard InChI is InChI=1S/C14H24O3S/c1-11(9-13(15)16-2)18-10-12-5-8-14(17-12)6-3-4-7-14/h11-12H,3-10H2,1-2H3. The normalized spacial score (nSPS) is 27.6. The van der Waals surface area contributed by atoms with E-state index in [0.29, 0.717) is 17.8 Å². The summed E-state index contributed by atoms with van der Waals surface area (Å²) in [5, 5.41) is 0.321. The van der Waals surface area contributed by atoms with Crippen LogP contribution in [0.25, 0.3) is 0 Å². The molecule has 1 saturated heterocycles. The Labute approximate surface area is 114 Å². The Morgan fingerprint density at radius 1 is 1.44 bits per heavy atom. The van der Waals surface area contributed by atoms with Gasteiger partial charge in [-0.05, 0) is 25.7 Å². The summed E-state index contributed by atoms with van der Waals surface area (Å²) >= 11 is 1.83. The van der Waals surface area contributed by atoms with Crippen molar-refractivity contribution in [2.45, 2.75) is 68.8 Å². The number of esters is 1. The maximum absolute atomic E-state index is 11.2. The Kier molecular flexibility index (Phi) is 4.96. The van der Waals surface area contributed by atoms with Crippen LogP contribution in [0.2, 0.25) is 0 Å². The third-order valence-electron chi connectivity index (χ3n) is 4.10. The smallest absolute Gasteiger partial charge is 0.306 e. The minimum absolute atomic E-state index is 0.116. The van der Waals surface area contributed by atoms with Gasteiger partial charge in [0.05, 0.1) is 25.2 Å². The Morgan fingerprint density at radius 2 is 2.17 bits per heavy atom. The molecule has 18 heavy (non-hydrogen) atoms. The topological polar surface area (TPSA) is 35.5 Å². The lowest BCUT2D eigenvalue weighted by Gasteiger charge is -2.24. The monoisotopic (exact) mass is 272 g/mol. The average Bonchev–Trinajstić information content (AvgIpc) is 2.98. The molecule has 4 heteroatoms. The molecule has 2 atom stereocenters. The summed E-state index contributed by atoms with van der Waals surface area (Å²) in [6, 6.07) is 0. The zero-order chi connectivity index (χ0) is 13.0. The largest absolute Gasteiger partial charge is 0.469 e. The molecule has 0 bridgehead atoms. The maximum Gasteiger partial charge on any atom is 0.306 e. The Balaban J connectivity index is 1.67. The van der Waals surface area contributed by atoms with Crippen LogP contribution in [0.5, 0.6) is 0 Å². The fourth-order valence-electron chi connectivity index (χ4n) is 3.05. The zero-order valence-corrected chi connectivity index (χ0v) is 12.3. The van der Waals surface area contributed by atoms with Gasteiger partial charge in [-0.2, -0.15) is 11.8 Å². The van der Waals surface area contributed by atoms with E-state index < -0.39 is 0 Å². The van der Waals surface area contributed by atoms with Crippen LogP contribution in [-0.2, 0) is 14.3 Å². The summed E-state index contributed by atoms with van der Waals surface area (Å²) in [5.74, 6) is 0.898. The molecule has 1 heterocycles. The molecular formula is C14H24O3S. The van der Waals surface area contributed by atoms with Crippen LogP contribution in [0, 0.1) is 0 Å². The van der Waals surface area contributed by atoms with Crippen molar-refractivity contribution in [2.24, 2.45) is 0 Å². The molecule has 1 saturated carbocycles. The van der Waals surface area contributed by atoms with Crippen LogP contribution in [0.3, 0.4) is 0 Å². The van der Waals surface area contributed by atoms with Gasteiger partial charge in [-0.1, -0.05) is 19.8 Å². The quantitative estimate of drug-likeness (QED) is 0.720. The van der Waals surface area contributed by atoms with Gasteiger partial charge in [0.1, 0.15) is 0 Å². The summed E-state index contributed by atoms with van der Waals surface area (Å²) < 4.78 is 10.9. The molecular weight excluding hydrogens is 248 g/mol. The molecule has 0 radical (unpaired) electrons. The summed E-state index contributed by atoms with van der Waals surface area (Å²) in [6.45, 7) is 2.09. The number of ether oxygens (including phenoxy) is 2. The fourth-order valence-corrected chi connectivity index (χ4v) is 4.08. The molecule has 2 fully saturated rings. The molecule has 3 nitrogen and oxygen atoms in total. The molecule has 1 aliphatic carbocycles. The number of rotatable bonds is 5. The van der Waals surface area contributed by atoms with E-state index in [1.54, 1.807) is 0 Å². The second kappa shape index (κ2) is 6.29. The summed E-state index contributed by atoms with van der Waals surface area (Å²) in [4.78, 5) is 11.2. The molecule has 1 aliphatic heterocycles. The highest BCUT2D eigenvalue weighted by molar-refractivity contribution is 7.99. The van der Waals surface area contributed by atoms with Crippen LogP contribution in [0.1, 0.15) is 51.9 Å². The first-order valence-corrected chi connectivity index (χ1v) is 8.05. The lowest BCUT2D eigenvalue weighted by Crippen LogP contribution is -2.26. The SMILES string of the molecule is COC(=O)CC(C)SCC1CCC2(CCCC2)O1. The fraction of sp³-hybridized carbons (Fsp3) is 0.929. The van der Waals surface area contributed by atoms with E-state index in [1.165, 1.54) is 45.6 Å². The van der Waals surface area contributed by atoms with Crippen molar-refractivity contribution in [3.05, 3.63) is 0 Å². The molecule has 0 aromatic rings. The second-order valence-electron chi connectivity index (χ2n) is 5.59. The Bertz CT molecular complexity index is 287. The third-order valence-corrected chi connectivity index (χ3v) is 5.40. The van der Waals surface area contributed by atoms with Gasteiger partial charge >= 0.3 is 5.97 Å². The van der Waals surface area contributed by atoms with Gasteiger partial charge in [0, 0.05) is 11.0 Å². The molecule has 104 valence electrons. The first-order chi connectivity index (χ1) is 8.63. The van der Waals surface area contributed by atoms with Crippen molar-refractivity contribution in [2.75, 3.05) is 12.9 Å². The summed E-state index contributed by atoms with van der Waals surface area (Å²) in [5.41, 5.74) is 0.233.